The Hall–Kier alpha value is -3.81. The number of hydrogen-bond donors (Lipinski definition) is 1. The zero-order valence-electron chi connectivity index (χ0n) is 17.5. The van der Waals surface area contributed by atoms with E-state index in [2.05, 4.69) is 15.0 Å². The lowest BCUT2D eigenvalue weighted by Gasteiger charge is -2.15. The molecule has 6 nitrogen and oxygen atoms in total. The normalized spacial score (nSPS) is 13.1. The number of aromatic hydroxyl groups is 1. The zero-order valence-corrected chi connectivity index (χ0v) is 17.5. The Morgan fingerprint density at radius 1 is 1.12 bits per heavy atom. The number of aromatic nitrogens is 1. The van der Waals surface area contributed by atoms with Crippen LogP contribution < -0.4 is 4.74 Å². The molecule has 2 heterocycles. The molecule has 0 atom stereocenters. The van der Waals surface area contributed by atoms with E-state index >= 15 is 0 Å². The maximum Gasteiger partial charge on any atom is 0.340 e. The number of hydrogen-bond acceptors (Lipinski definition) is 6. The van der Waals surface area contributed by atoms with Gasteiger partial charge in [-0.05, 0) is 73.0 Å². The van der Waals surface area contributed by atoms with Gasteiger partial charge in [-0.3, -0.25) is 0 Å². The number of aryl methyl sites for hydroxylation is 1. The molecule has 3 aromatic rings. The van der Waals surface area contributed by atoms with Crippen LogP contribution in [0.4, 0.5) is 8.78 Å². The topological polar surface area (TPSA) is 81.0 Å². The summed E-state index contributed by atoms with van der Waals surface area (Å²) in [7, 11) is 0. The van der Waals surface area contributed by atoms with Gasteiger partial charge in [0.05, 0.1) is 6.42 Å². The highest BCUT2D eigenvalue weighted by atomic mass is 19.1. The van der Waals surface area contributed by atoms with Crippen LogP contribution in [-0.2, 0) is 16.1 Å². The fourth-order valence-corrected chi connectivity index (χ4v) is 3.51. The average Bonchev–Trinajstić information content (AvgIpc) is 3.19. The number of carbonyl (C=O) groups excluding carboxylic acids is 1. The van der Waals surface area contributed by atoms with Crippen LogP contribution in [0.15, 0.2) is 47.6 Å². The highest BCUT2D eigenvalue weighted by Crippen LogP contribution is 2.31. The fraction of sp³-hybridized carbons (Fsp3) is 0.208. The average molecular weight is 438 g/mol. The Bertz CT molecular complexity index is 1220. The van der Waals surface area contributed by atoms with Crippen LogP contribution in [-0.4, -0.2) is 28.4 Å². The number of nitrogens with zero attached hydrogens (tertiary/aromatic N) is 2. The van der Waals surface area contributed by atoms with E-state index in [-0.39, 0.29) is 30.3 Å². The quantitative estimate of drug-likeness (QED) is 0.568. The molecule has 8 heteroatoms. The van der Waals surface area contributed by atoms with E-state index in [9.17, 15) is 18.7 Å². The lowest BCUT2D eigenvalue weighted by atomic mass is 9.97. The van der Waals surface area contributed by atoms with E-state index in [0.717, 1.165) is 11.1 Å². The molecule has 0 saturated carbocycles. The summed E-state index contributed by atoms with van der Waals surface area (Å²) in [6.07, 6.45) is 0.360. The summed E-state index contributed by atoms with van der Waals surface area (Å²) in [5.41, 5.74) is 3.89. The van der Waals surface area contributed by atoms with Crippen molar-refractivity contribution in [3.05, 3.63) is 76.5 Å². The molecule has 4 rings (SSSR count). The summed E-state index contributed by atoms with van der Waals surface area (Å²) in [4.78, 5) is 20.1. The summed E-state index contributed by atoms with van der Waals surface area (Å²) in [6.45, 7) is 3.46. The Balaban J connectivity index is 1.58. The second-order valence-electron chi connectivity index (χ2n) is 7.55. The van der Waals surface area contributed by atoms with Crippen molar-refractivity contribution in [2.45, 2.75) is 26.7 Å². The van der Waals surface area contributed by atoms with Gasteiger partial charge in [0.25, 0.3) is 0 Å². The molecule has 0 aliphatic carbocycles. The minimum atomic E-state index is -0.506. The molecule has 0 radical (unpaired) electrons. The monoisotopic (exact) mass is 438 g/mol. The zero-order chi connectivity index (χ0) is 22.8. The minimum Gasteiger partial charge on any atom is -0.506 e. The smallest absolute Gasteiger partial charge is 0.340 e. The van der Waals surface area contributed by atoms with Crippen LogP contribution in [0.5, 0.6) is 11.5 Å². The molecule has 1 N–H and O–H groups in total. The van der Waals surface area contributed by atoms with Crippen molar-refractivity contribution in [3.8, 4) is 22.8 Å². The maximum absolute atomic E-state index is 15.0. The molecule has 1 aromatic heterocycles. The van der Waals surface area contributed by atoms with Crippen LogP contribution in [0.2, 0.25) is 0 Å². The molecule has 2 aromatic carbocycles. The van der Waals surface area contributed by atoms with E-state index in [1.807, 2.05) is 6.92 Å². The van der Waals surface area contributed by atoms with E-state index in [1.165, 1.54) is 30.3 Å². The van der Waals surface area contributed by atoms with Crippen molar-refractivity contribution in [3.63, 3.8) is 0 Å². The standard InChI is InChI=1S/C24H20F2N2O4/c1-13-9-21(31-12-18-11-22(30)32-28-18)23(26)14(2)19(13)10-17-7-8-20(29)24(27-17)15-3-5-16(25)6-4-15/h3-9,29H,10-12H2,1-2H3. The van der Waals surface area contributed by atoms with Gasteiger partial charge < -0.3 is 14.7 Å². The molecule has 0 bridgehead atoms. The Labute approximate surface area is 183 Å². The van der Waals surface area contributed by atoms with Crippen molar-refractivity contribution in [1.29, 1.82) is 0 Å². The van der Waals surface area contributed by atoms with Gasteiger partial charge in [0, 0.05) is 17.7 Å². The van der Waals surface area contributed by atoms with Gasteiger partial charge in [0.15, 0.2) is 11.6 Å². The number of carbonyl (C=O) groups is 1. The first-order valence-electron chi connectivity index (χ1n) is 9.93. The molecule has 1 aliphatic rings. The number of benzene rings is 2. The van der Waals surface area contributed by atoms with Crippen LogP contribution in [0.25, 0.3) is 11.3 Å². The molecule has 164 valence electrons. The van der Waals surface area contributed by atoms with Gasteiger partial charge in [-0.25, -0.2) is 18.6 Å². The largest absolute Gasteiger partial charge is 0.506 e. The third kappa shape index (κ3) is 4.44. The van der Waals surface area contributed by atoms with E-state index in [0.29, 0.717) is 34.6 Å². The number of oxime groups is 1. The molecule has 0 amide bonds. The minimum absolute atomic E-state index is 0.0268. The van der Waals surface area contributed by atoms with Gasteiger partial charge in [-0.1, -0.05) is 5.16 Å². The van der Waals surface area contributed by atoms with Crippen molar-refractivity contribution >= 4 is 11.7 Å². The summed E-state index contributed by atoms with van der Waals surface area (Å²) in [6, 6.07) is 10.4. The number of ether oxygens (including phenoxy) is 1. The van der Waals surface area contributed by atoms with Crippen molar-refractivity contribution in [2.24, 2.45) is 5.16 Å². The fourth-order valence-electron chi connectivity index (χ4n) is 3.51. The lowest BCUT2D eigenvalue weighted by molar-refractivity contribution is -0.140. The van der Waals surface area contributed by atoms with Gasteiger partial charge in [-0.15, -0.1) is 0 Å². The first kappa shape index (κ1) is 21.4. The van der Waals surface area contributed by atoms with E-state index in [1.54, 1.807) is 19.1 Å². The van der Waals surface area contributed by atoms with Crippen LogP contribution >= 0.6 is 0 Å². The first-order valence-corrected chi connectivity index (χ1v) is 9.93. The molecular formula is C24H20F2N2O4. The van der Waals surface area contributed by atoms with Crippen molar-refractivity contribution < 1.29 is 28.3 Å². The molecule has 1 aliphatic heterocycles. The second kappa shape index (κ2) is 8.74. The van der Waals surface area contributed by atoms with Gasteiger partial charge in [0.2, 0.25) is 0 Å². The first-order chi connectivity index (χ1) is 15.3. The van der Waals surface area contributed by atoms with Crippen LogP contribution in [0.1, 0.15) is 28.8 Å². The SMILES string of the molecule is Cc1cc(OCC2=NOC(=O)C2)c(F)c(C)c1Cc1ccc(O)c(-c2ccc(F)cc2)n1. The predicted octanol–water partition coefficient (Wildman–Crippen LogP) is 4.62. The highest BCUT2D eigenvalue weighted by Gasteiger charge is 2.20. The predicted molar refractivity (Wildman–Crippen MR) is 114 cm³/mol. The molecule has 0 saturated heterocycles. The summed E-state index contributed by atoms with van der Waals surface area (Å²) < 4.78 is 33.7. The van der Waals surface area contributed by atoms with Crippen LogP contribution in [0.3, 0.4) is 0 Å². The second-order valence-corrected chi connectivity index (χ2v) is 7.55. The molecule has 0 spiro atoms. The summed E-state index contributed by atoms with van der Waals surface area (Å²) >= 11 is 0. The molecular weight excluding hydrogens is 418 g/mol. The maximum atomic E-state index is 15.0. The van der Waals surface area contributed by atoms with Crippen molar-refractivity contribution in [1.82, 2.24) is 4.98 Å². The Morgan fingerprint density at radius 3 is 2.56 bits per heavy atom. The summed E-state index contributed by atoms with van der Waals surface area (Å²) in [5, 5.41) is 13.8. The number of halogens is 2. The third-order valence-corrected chi connectivity index (χ3v) is 5.25. The molecule has 0 fully saturated rings. The van der Waals surface area contributed by atoms with Crippen LogP contribution in [0, 0.1) is 25.5 Å². The number of rotatable bonds is 6. The lowest BCUT2D eigenvalue weighted by Crippen LogP contribution is -2.12. The Kier molecular flexibility index (Phi) is 5.85. The summed E-state index contributed by atoms with van der Waals surface area (Å²) in [5.74, 6) is -1.31. The van der Waals surface area contributed by atoms with Crippen molar-refractivity contribution in [2.75, 3.05) is 6.61 Å². The van der Waals surface area contributed by atoms with Gasteiger partial charge >= 0.3 is 5.97 Å². The molecule has 0 unspecified atom stereocenters. The van der Waals surface area contributed by atoms with Gasteiger partial charge in [-0.2, -0.15) is 0 Å². The van der Waals surface area contributed by atoms with E-state index in [4.69, 9.17) is 4.74 Å². The highest BCUT2D eigenvalue weighted by molar-refractivity contribution is 6.02. The third-order valence-electron chi connectivity index (χ3n) is 5.25. The Morgan fingerprint density at radius 2 is 1.88 bits per heavy atom. The van der Waals surface area contributed by atoms with E-state index < -0.39 is 11.8 Å². The van der Waals surface area contributed by atoms with Gasteiger partial charge in [0.1, 0.15) is 29.6 Å². The molecule has 32 heavy (non-hydrogen) atoms. The number of pyridine rings is 1.